The van der Waals surface area contributed by atoms with Crippen molar-refractivity contribution in [2.45, 2.75) is 61.8 Å². The normalized spacial score (nSPS) is 20.3. The van der Waals surface area contributed by atoms with Crippen LogP contribution in [-0.2, 0) is 30.2 Å². The molecule has 2 aromatic carbocycles. The van der Waals surface area contributed by atoms with Gasteiger partial charge in [-0.1, -0.05) is 6.07 Å². The average molecular weight is 562 g/mol. The Morgan fingerprint density at radius 3 is 2.34 bits per heavy atom. The molecule has 0 saturated heterocycles. The molecule has 5 rings (SSSR count). The average Bonchev–Trinajstić information content (AvgIpc) is 3.55. The molecule has 1 amide bonds. The molecule has 0 aromatic heterocycles. The van der Waals surface area contributed by atoms with Crippen LogP contribution in [0.3, 0.4) is 0 Å². The third kappa shape index (κ3) is 5.34. The van der Waals surface area contributed by atoms with E-state index in [1.54, 1.807) is 36.1 Å². The molecular formula is C27H35N3O6S2. The zero-order chi connectivity index (χ0) is 27.3. The van der Waals surface area contributed by atoms with E-state index in [4.69, 9.17) is 4.74 Å². The van der Waals surface area contributed by atoms with E-state index in [-0.39, 0.29) is 28.4 Å². The summed E-state index contributed by atoms with van der Waals surface area (Å²) in [5.41, 5.74) is 2.68. The number of hydrogen-bond donors (Lipinski definition) is 2. The Hall–Kier alpha value is -2.47. The molecular weight excluding hydrogens is 526 g/mol. The standard InChI is InChI=1S/C27H35N3O6S2/c1-19(17-36-2)28-38(34,35)22-6-4-5-20(15-22)25(31)30-18-27(13-11-26(9-10-26)12-14-27)23-16-21(7-8-24(23)30)29-37(3,32)33/h4-8,15-16,19,28-29H,9-14,17-18H2,1-3H3. The minimum Gasteiger partial charge on any atom is -0.383 e. The van der Waals surface area contributed by atoms with Crippen molar-refractivity contribution in [3.8, 4) is 0 Å². The maximum atomic E-state index is 13.9. The Morgan fingerprint density at radius 1 is 1.03 bits per heavy atom. The maximum absolute atomic E-state index is 13.9. The molecule has 38 heavy (non-hydrogen) atoms. The van der Waals surface area contributed by atoms with E-state index in [0.29, 0.717) is 17.6 Å². The minimum absolute atomic E-state index is 0.0153. The van der Waals surface area contributed by atoms with Gasteiger partial charge in [0.1, 0.15) is 0 Å². The highest BCUT2D eigenvalue weighted by Gasteiger charge is 2.53. The monoisotopic (exact) mass is 561 g/mol. The summed E-state index contributed by atoms with van der Waals surface area (Å²) in [7, 11) is -5.79. The molecule has 11 heteroatoms. The van der Waals surface area contributed by atoms with Gasteiger partial charge in [0.25, 0.3) is 5.91 Å². The van der Waals surface area contributed by atoms with Crippen molar-refractivity contribution in [1.29, 1.82) is 0 Å². The summed E-state index contributed by atoms with van der Waals surface area (Å²) in [6.45, 7) is 2.42. The molecule has 2 spiro atoms. The van der Waals surface area contributed by atoms with Crippen molar-refractivity contribution < 1.29 is 26.4 Å². The summed E-state index contributed by atoms with van der Waals surface area (Å²) >= 11 is 0. The Labute approximate surface area is 225 Å². The number of benzene rings is 2. The summed E-state index contributed by atoms with van der Waals surface area (Å²) in [4.78, 5) is 15.6. The second-order valence-electron chi connectivity index (χ2n) is 11.3. The quantitative estimate of drug-likeness (QED) is 0.508. The van der Waals surface area contributed by atoms with E-state index >= 15 is 0 Å². The first-order valence-corrected chi connectivity index (χ1v) is 16.3. The molecule has 1 heterocycles. The van der Waals surface area contributed by atoms with Crippen LogP contribution in [0.2, 0.25) is 0 Å². The molecule has 1 unspecified atom stereocenters. The minimum atomic E-state index is -3.84. The summed E-state index contributed by atoms with van der Waals surface area (Å²) in [5.74, 6) is -0.277. The van der Waals surface area contributed by atoms with Gasteiger partial charge < -0.3 is 9.64 Å². The molecule has 1 aliphatic heterocycles. The lowest BCUT2D eigenvalue weighted by Gasteiger charge is -2.38. The number of carbonyl (C=O) groups is 1. The second-order valence-corrected chi connectivity index (χ2v) is 14.7. The van der Waals surface area contributed by atoms with Gasteiger partial charge >= 0.3 is 0 Å². The summed E-state index contributed by atoms with van der Waals surface area (Å²) in [5, 5.41) is 0. The molecule has 2 N–H and O–H groups in total. The number of nitrogens with zero attached hydrogens (tertiary/aromatic N) is 1. The molecule has 0 bridgehead atoms. The molecule has 2 saturated carbocycles. The number of carbonyl (C=O) groups excluding carboxylic acids is 1. The third-order valence-corrected chi connectivity index (χ3v) is 10.5. The van der Waals surface area contributed by atoms with Gasteiger partial charge in [0, 0.05) is 42.0 Å². The van der Waals surface area contributed by atoms with Gasteiger partial charge in [-0.25, -0.2) is 21.6 Å². The molecule has 206 valence electrons. The van der Waals surface area contributed by atoms with E-state index in [0.717, 1.165) is 43.2 Å². The number of methoxy groups -OCH3 is 1. The number of hydrogen-bond acceptors (Lipinski definition) is 6. The lowest BCUT2D eigenvalue weighted by Crippen LogP contribution is -2.40. The molecule has 3 aliphatic rings. The van der Waals surface area contributed by atoms with Crippen LogP contribution in [0.5, 0.6) is 0 Å². The molecule has 0 radical (unpaired) electrons. The van der Waals surface area contributed by atoms with E-state index in [2.05, 4.69) is 9.44 Å². The van der Waals surface area contributed by atoms with Gasteiger partial charge in [0.2, 0.25) is 20.0 Å². The smallest absolute Gasteiger partial charge is 0.258 e. The van der Waals surface area contributed by atoms with Crippen molar-refractivity contribution in [2.24, 2.45) is 5.41 Å². The highest BCUT2D eigenvalue weighted by molar-refractivity contribution is 7.92. The molecule has 2 aliphatic carbocycles. The maximum Gasteiger partial charge on any atom is 0.258 e. The van der Waals surface area contributed by atoms with Crippen LogP contribution >= 0.6 is 0 Å². The number of ether oxygens (including phenoxy) is 1. The molecule has 1 atom stereocenters. The van der Waals surface area contributed by atoms with Crippen LogP contribution in [0, 0.1) is 5.41 Å². The topological polar surface area (TPSA) is 122 Å². The number of amides is 1. The van der Waals surface area contributed by atoms with Gasteiger partial charge in [0.05, 0.1) is 17.8 Å². The fourth-order valence-corrected chi connectivity index (χ4v) is 7.89. The number of anilines is 2. The van der Waals surface area contributed by atoms with E-state index in [9.17, 15) is 21.6 Å². The zero-order valence-electron chi connectivity index (χ0n) is 22.0. The van der Waals surface area contributed by atoms with Crippen LogP contribution in [0.15, 0.2) is 47.4 Å². The first-order valence-electron chi connectivity index (χ1n) is 12.9. The first kappa shape index (κ1) is 27.1. The fraction of sp³-hybridized carbons (Fsp3) is 0.519. The van der Waals surface area contributed by atoms with Crippen LogP contribution in [0.1, 0.15) is 61.4 Å². The number of rotatable bonds is 8. The number of nitrogens with one attached hydrogen (secondary N) is 2. The summed E-state index contributed by atoms with van der Waals surface area (Å²) in [6.07, 6.45) is 7.69. The lowest BCUT2D eigenvalue weighted by molar-refractivity contribution is 0.0980. The number of sulfonamides is 2. The number of fused-ring (bicyclic) bond motifs is 2. The molecule has 2 aromatic rings. The predicted molar refractivity (Wildman–Crippen MR) is 146 cm³/mol. The van der Waals surface area contributed by atoms with Crippen LogP contribution in [0.4, 0.5) is 11.4 Å². The Balaban J connectivity index is 1.47. The Bertz CT molecular complexity index is 1460. The van der Waals surface area contributed by atoms with Gasteiger partial charge in [-0.05, 0) is 92.8 Å². The summed E-state index contributed by atoms with van der Waals surface area (Å²) in [6, 6.07) is 11.0. The van der Waals surface area contributed by atoms with Crippen LogP contribution in [-0.4, -0.2) is 55.3 Å². The lowest BCUT2D eigenvalue weighted by atomic mass is 9.66. The molecule has 9 nitrogen and oxygen atoms in total. The van der Waals surface area contributed by atoms with Gasteiger partial charge in [0.15, 0.2) is 0 Å². The van der Waals surface area contributed by atoms with Crippen molar-refractivity contribution in [1.82, 2.24) is 4.72 Å². The van der Waals surface area contributed by atoms with E-state index in [1.165, 1.54) is 32.1 Å². The first-order chi connectivity index (χ1) is 17.9. The van der Waals surface area contributed by atoms with Gasteiger partial charge in [-0.3, -0.25) is 9.52 Å². The Morgan fingerprint density at radius 2 is 1.71 bits per heavy atom. The molecule has 2 fully saturated rings. The predicted octanol–water partition coefficient (Wildman–Crippen LogP) is 3.62. The van der Waals surface area contributed by atoms with Gasteiger partial charge in [-0.15, -0.1) is 0 Å². The van der Waals surface area contributed by atoms with Gasteiger partial charge in [-0.2, -0.15) is 0 Å². The van der Waals surface area contributed by atoms with Crippen LogP contribution < -0.4 is 14.3 Å². The Kier molecular flexibility index (Phi) is 6.86. The highest BCUT2D eigenvalue weighted by atomic mass is 32.2. The summed E-state index contributed by atoms with van der Waals surface area (Å²) < 4.78 is 59.8. The zero-order valence-corrected chi connectivity index (χ0v) is 23.6. The highest BCUT2D eigenvalue weighted by Crippen LogP contribution is 2.62. The third-order valence-electron chi connectivity index (χ3n) is 8.26. The van der Waals surface area contributed by atoms with E-state index in [1.807, 2.05) is 6.07 Å². The van der Waals surface area contributed by atoms with Crippen LogP contribution in [0.25, 0.3) is 0 Å². The SMILES string of the molecule is COCC(C)NS(=O)(=O)c1cccc(C(=O)N2CC3(CCC4(CC4)CC3)c3cc(NS(C)(=O)=O)ccc32)c1. The fourth-order valence-electron chi connectivity index (χ4n) is 6.06. The second kappa shape index (κ2) is 9.62. The van der Waals surface area contributed by atoms with Crippen molar-refractivity contribution >= 4 is 37.3 Å². The van der Waals surface area contributed by atoms with Crippen molar-refractivity contribution in [3.63, 3.8) is 0 Å². The van der Waals surface area contributed by atoms with Crippen molar-refractivity contribution in [2.75, 3.05) is 36.1 Å². The van der Waals surface area contributed by atoms with E-state index < -0.39 is 26.1 Å². The van der Waals surface area contributed by atoms with Crippen molar-refractivity contribution in [3.05, 3.63) is 53.6 Å². The largest absolute Gasteiger partial charge is 0.383 e.